The lowest BCUT2D eigenvalue weighted by Gasteiger charge is -2.17. The maximum Gasteiger partial charge on any atom is 0.159 e. The van der Waals surface area contributed by atoms with Gasteiger partial charge in [-0.1, -0.05) is 35.9 Å². The Morgan fingerprint density at radius 2 is 2.05 bits per heavy atom. The number of pyridine rings is 1. The van der Waals surface area contributed by atoms with Crippen molar-refractivity contribution in [2.75, 3.05) is 26.2 Å². The Morgan fingerprint density at radius 3 is 2.89 bits per heavy atom. The van der Waals surface area contributed by atoms with Crippen molar-refractivity contribution in [1.29, 1.82) is 0 Å². The van der Waals surface area contributed by atoms with Crippen molar-refractivity contribution in [3.8, 4) is 5.75 Å². The maximum atomic E-state index is 12.1. The summed E-state index contributed by atoms with van der Waals surface area (Å²) in [5, 5.41) is 4.54. The number of hydrogen-bond donors (Lipinski definition) is 1. The molecule has 5 nitrogen and oxygen atoms in total. The van der Waals surface area contributed by atoms with E-state index in [4.69, 9.17) is 16.3 Å². The maximum absolute atomic E-state index is 12.1. The molecule has 6 heteroatoms. The van der Waals surface area contributed by atoms with Crippen LogP contribution in [0, 0.1) is 0 Å². The molecule has 5 rings (SSSR count). The first-order valence-electron chi connectivity index (χ1n) is 13.2. The van der Waals surface area contributed by atoms with Crippen LogP contribution in [0.4, 0.5) is 0 Å². The fourth-order valence-electron chi connectivity index (χ4n) is 5.24. The van der Waals surface area contributed by atoms with Gasteiger partial charge in [-0.15, -0.1) is 0 Å². The zero-order valence-electron chi connectivity index (χ0n) is 21.4. The van der Waals surface area contributed by atoms with E-state index in [1.807, 2.05) is 42.6 Å². The number of likely N-dealkylation sites (tertiary alicyclic amines) is 1. The standard InChI is InChI=1S/C31H34ClN3O2/c1-22(36)24-10-13-31-29(19-24)27(28-6-3-16-34-30(28)21-37-31)7-4-17-35-18-14-26(20-35)33-15-2-5-23-8-11-25(32)12-9-23/h3,6-13,16,19,26,33H,2,4-5,14-15,17-18,20-21H2,1H3/t26-/m1/s1. The van der Waals surface area contributed by atoms with Crippen molar-refractivity contribution in [3.05, 3.63) is 99.8 Å². The number of nitrogens with zero attached hydrogens (tertiary/aromatic N) is 2. The van der Waals surface area contributed by atoms with E-state index in [2.05, 4.69) is 39.5 Å². The van der Waals surface area contributed by atoms with E-state index >= 15 is 0 Å². The molecule has 1 saturated heterocycles. The van der Waals surface area contributed by atoms with Crippen LogP contribution in [0.3, 0.4) is 0 Å². The molecule has 3 heterocycles. The molecule has 0 unspecified atom stereocenters. The van der Waals surface area contributed by atoms with Crippen molar-refractivity contribution < 1.29 is 9.53 Å². The largest absolute Gasteiger partial charge is 0.487 e. The van der Waals surface area contributed by atoms with Crippen LogP contribution in [0.1, 0.15) is 58.9 Å². The first-order valence-corrected chi connectivity index (χ1v) is 13.6. The predicted molar refractivity (Wildman–Crippen MR) is 149 cm³/mol. The summed E-state index contributed by atoms with van der Waals surface area (Å²) in [6, 6.07) is 18.5. The molecule has 0 aliphatic carbocycles. The van der Waals surface area contributed by atoms with Crippen LogP contribution in [-0.4, -0.2) is 47.9 Å². The summed E-state index contributed by atoms with van der Waals surface area (Å²) in [7, 11) is 0. The highest BCUT2D eigenvalue weighted by molar-refractivity contribution is 6.30. The van der Waals surface area contributed by atoms with E-state index < -0.39 is 0 Å². The molecule has 0 bridgehead atoms. The van der Waals surface area contributed by atoms with E-state index in [9.17, 15) is 4.79 Å². The Balaban J connectivity index is 1.18. The predicted octanol–water partition coefficient (Wildman–Crippen LogP) is 5.95. The average Bonchev–Trinajstić information content (AvgIpc) is 3.30. The summed E-state index contributed by atoms with van der Waals surface area (Å²) < 4.78 is 6.07. The second-order valence-corrected chi connectivity index (χ2v) is 10.4. The van der Waals surface area contributed by atoms with Gasteiger partial charge in [-0.25, -0.2) is 0 Å². The summed E-state index contributed by atoms with van der Waals surface area (Å²) in [6.07, 6.45) is 8.41. The molecular formula is C31H34ClN3O2. The third kappa shape index (κ3) is 6.48. The average molecular weight is 516 g/mol. The minimum atomic E-state index is 0.0570. The number of aromatic nitrogens is 1. The van der Waals surface area contributed by atoms with Crippen LogP contribution in [0.15, 0.2) is 66.9 Å². The highest BCUT2D eigenvalue weighted by Crippen LogP contribution is 2.37. The Bertz CT molecular complexity index is 1270. The lowest BCUT2D eigenvalue weighted by molar-refractivity contribution is 0.101. The van der Waals surface area contributed by atoms with Crippen molar-refractivity contribution in [2.24, 2.45) is 0 Å². The number of Topliss-reactive ketones (excluding diaryl/α,β-unsaturated/α-hetero) is 1. The highest BCUT2D eigenvalue weighted by Gasteiger charge is 2.23. The number of carbonyl (C=O) groups excluding carboxylic acids is 1. The minimum Gasteiger partial charge on any atom is -0.487 e. The van der Waals surface area contributed by atoms with Crippen molar-refractivity contribution in [1.82, 2.24) is 15.2 Å². The summed E-state index contributed by atoms with van der Waals surface area (Å²) in [4.78, 5) is 19.2. The van der Waals surface area contributed by atoms with Gasteiger partial charge in [0, 0.05) is 47.0 Å². The first kappa shape index (κ1) is 25.7. The molecule has 0 radical (unpaired) electrons. The molecule has 1 N–H and O–H groups in total. The van der Waals surface area contributed by atoms with Gasteiger partial charge in [-0.3, -0.25) is 9.78 Å². The summed E-state index contributed by atoms with van der Waals surface area (Å²) in [5.41, 5.74) is 6.13. The molecule has 192 valence electrons. The first-order chi connectivity index (χ1) is 18.1. The van der Waals surface area contributed by atoms with E-state index in [0.717, 1.165) is 78.6 Å². The van der Waals surface area contributed by atoms with Crippen LogP contribution in [0.5, 0.6) is 5.75 Å². The number of halogens is 1. The van der Waals surface area contributed by atoms with E-state index in [1.54, 1.807) is 6.92 Å². The van der Waals surface area contributed by atoms with Crippen molar-refractivity contribution >= 4 is 23.0 Å². The lowest BCUT2D eigenvalue weighted by Crippen LogP contribution is -2.33. The van der Waals surface area contributed by atoms with Crippen LogP contribution >= 0.6 is 11.6 Å². The summed E-state index contributed by atoms with van der Waals surface area (Å²) >= 11 is 5.98. The minimum absolute atomic E-state index is 0.0570. The fraction of sp³-hybridized carbons (Fsp3) is 0.355. The molecule has 2 aromatic carbocycles. The molecule has 37 heavy (non-hydrogen) atoms. The SMILES string of the molecule is CC(=O)c1ccc2c(c1)C(=CCCN1CC[C@@H](NCCCc3ccc(Cl)cc3)C1)c1cccnc1CO2. The number of ketones is 1. The molecule has 1 aromatic heterocycles. The molecule has 0 saturated carbocycles. The zero-order chi connectivity index (χ0) is 25.6. The molecule has 0 amide bonds. The monoisotopic (exact) mass is 515 g/mol. The molecule has 2 aliphatic rings. The summed E-state index contributed by atoms with van der Waals surface area (Å²) in [6.45, 7) is 6.26. The number of ether oxygens (including phenoxy) is 1. The van der Waals surface area contributed by atoms with Gasteiger partial charge < -0.3 is 15.0 Å². The third-order valence-electron chi connectivity index (χ3n) is 7.28. The number of hydrogen-bond acceptors (Lipinski definition) is 5. The van der Waals surface area contributed by atoms with Gasteiger partial charge in [0.25, 0.3) is 0 Å². The second-order valence-electron chi connectivity index (χ2n) is 9.93. The van der Waals surface area contributed by atoms with E-state index in [1.165, 1.54) is 12.0 Å². The van der Waals surface area contributed by atoms with E-state index in [0.29, 0.717) is 18.2 Å². The van der Waals surface area contributed by atoms with Crippen LogP contribution in [-0.2, 0) is 13.0 Å². The van der Waals surface area contributed by atoms with Gasteiger partial charge in [0.1, 0.15) is 12.4 Å². The van der Waals surface area contributed by atoms with Gasteiger partial charge in [0.15, 0.2) is 5.78 Å². The van der Waals surface area contributed by atoms with E-state index in [-0.39, 0.29) is 5.78 Å². The highest BCUT2D eigenvalue weighted by atomic mass is 35.5. The zero-order valence-corrected chi connectivity index (χ0v) is 22.1. The fourth-order valence-corrected chi connectivity index (χ4v) is 5.36. The molecule has 1 fully saturated rings. The Kier molecular flexibility index (Phi) is 8.34. The lowest BCUT2D eigenvalue weighted by atomic mass is 9.94. The Morgan fingerprint density at radius 1 is 1.19 bits per heavy atom. The topological polar surface area (TPSA) is 54.5 Å². The number of rotatable bonds is 9. The van der Waals surface area contributed by atoms with Gasteiger partial charge in [0.2, 0.25) is 0 Å². The summed E-state index contributed by atoms with van der Waals surface area (Å²) in [5.74, 6) is 0.861. The van der Waals surface area contributed by atoms with Gasteiger partial charge in [0.05, 0.1) is 5.69 Å². The molecule has 2 aliphatic heterocycles. The van der Waals surface area contributed by atoms with Crippen LogP contribution in [0.2, 0.25) is 5.02 Å². The molecular weight excluding hydrogens is 482 g/mol. The molecule has 1 atom stereocenters. The number of carbonyl (C=O) groups is 1. The van der Waals surface area contributed by atoms with Crippen LogP contribution < -0.4 is 10.1 Å². The normalized spacial score (nSPS) is 18.2. The smallest absolute Gasteiger partial charge is 0.159 e. The molecule has 0 spiro atoms. The number of fused-ring (bicyclic) bond motifs is 2. The van der Waals surface area contributed by atoms with Gasteiger partial charge in [-0.2, -0.15) is 0 Å². The van der Waals surface area contributed by atoms with Crippen molar-refractivity contribution in [3.63, 3.8) is 0 Å². The number of nitrogens with one attached hydrogen (secondary N) is 1. The van der Waals surface area contributed by atoms with Crippen LogP contribution in [0.25, 0.3) is 5.57 Å². The molecule has 3 aromatic rings. The third-order valence-corrected chi connectivity index (χ3v) is 7.53. The Hall–Kier alpha value is -2.99. The van der Waals surface area contributed by atoms with Gasteiger partial charge in [-0.05, 0) is 93.2 Å². The number of benzene rings is 2. The number of aryl methyl sites for hydroxylation is 1. The van der Waals surface area contributed by atoms with Crippen molar-refractivity contribution in [2.45, 2.75) is 45.3 Å². The second kappa shape index (κ2) is 12.0. The Labute approximate surface area is 224 Å². The van der Waals surface area contributed by atoms with Gasteiger partial charge >= 0.3 is 0 Å². The quantitative estimate of drug-likeness (QED) is 0.282.